The maximum atomic E-state index is 11.8. The first-order valence-electron chi connectivity index (χ1n) is 6.73. The Labute approximate surface area is 122 Å². The quantitative estimate of drug-likeness (QED) is 0.540. The number of carboxylic acid groups (broad SMARTS) is 2. The number of carbonyl (C=O) groups is 3. The Kier molecular flexibility index (Phi) is 5.54. The van der Waals surface area contributed by atoms with E-state index in [0.717, 1.165) is 0 Å². The van der Waals surface area contributed by atoms with Crippen molar-refractivity contribution in [3.63, 3.8) is 0 Å². The summed E-state index contributed by atoms with van der Waals surface area (Å²) in [6.07, 6.45) is 0.222. The standard InChI is InChI=1S/C13H22N2O6/c1-13(2)8(6-9(13)21-3)15-12(20)14-7(11(18)19)4-5-10(16)17/h7-9H,4-6H2,1-3H3,(H,16,17)(H,18,19)(H2,14,15,20). The highest BCUT2D eigenvalue weighted by atomic mass is 16.5. The molecule has 2 amide bonds. The second-order valence-corrected chi connectivity index (χ2v) is 5.78. The molecule has 4 N–H and O–H groups in total. The zero-order chi connectivity index (χ0) is 16.2. The Balaban J connectivity index is 2.48. The van der Waals surface area contributed by atoms with Crippen molar-refractivity contribution < 1.29 is 29.3 Å². The van der Waals surface area contributed by atoms with E-state index in [4.69, 9.17) is 14.9 Å². The molecule has 0 bridgehead atoms. The van der Waals surface area contributed by atoms with Crippen LogP contribution in [0.1, 0.15) is 33.1 Å². The number of nitrogens with one attached hydrogen (secondary N) is 2. The average Bonchev–Trinajstić information content (AvgIpc) is 2.38. The Morgan fingerprint density at radius 1 is 1.33 bits per heavy atom. The lowest BCUT2D eigenvalue weighted by Crippen LogP contribution is -2.63. The molecule has 0 aromatic rings. The van der Waals surface area contributed by atoms with Crippen molar-refractivity contribution >= 4 is 18.0 Å². The van der Waals surface area contributed by atoms with Crippen molar-refractivity contribution in [1.82, 2.24) is 10.6 Å². The number of hydrogen-bond donors (Lipinski definition) is 4. The normalized spacial score (nSPS) is 24.5. The van der Waals surface area contributed by atoms with E-state index in [1.54, 1.807) is 7.11 Å². The highest BCUT2D eigenvalue weighted by molar-refractivity contribution is 5.83. The molecule has 0 heterocycles. The van der Waals surface area contributed by atoms with Gasteiger partial charge in [0.2, 0.25) is 0 Å². The number of carbonyl (C=O) groups excluding carboxylic acids is 1. The first-order valence-corrected chi connectivity index (χ1v) is 6.73. The van der Waals surface area contributed by atoms with Gasteiger partial charge in [0, 0.05) is 25.0 Å². The Hall–Kier alpha value is -1.83. The van der Waals surface area contributed by atoms with Gasteiger partial charge in [-0.15, -0.1) is 0 Å². The van der Waals surface area contributed by atoms with Gasteiger partial charge in [-0.25, -0.2) is 9.59 Å². The highest BCUT2D eigenvalue weighted by Crippen LogP contribution is 2.42. The third-order valence-corrected chi connectivity index (χ3v) is 4.02. The summed E-state index contributed by atoms with van der Waals surface area (Å²) in [4.78, 5) is 33.3. The van der Waals surface area contributed by atoms with Crippen molar-refractivity contribution in [3.8, 4) is 0 Å². The SMILES string of the molecule is COC1CC(NC(=O)NC(CCC(=O)O)C(=O)O)C1(C)C. The van der Waals surface area contributed by atoms with Crippen molar-refractivity contribution in [3.05, 3.63) is 0 Å². The molecule has 3 unspecified atom stereocenters. The van der Waals surface area contributed by atoms with E-state index in [2.05, 4.69) is 10.6 Å². The summed E-state index contributed by atoms with van der Waals surface area (Å²) < 4.78 is 5.27. The molecule has 0 aromatic heterocycles. The van der Waals surface area contributed by atoms with E-state index < -0.39 is 24.0 Å². The van der Waals surface area contributed by atoms with Crippen LogP contribution in [0.15, 0.2) is 0 Å². The summed E-state index contributed by atoms with van der Waals surface area (Å²) in [5, 5.41) is 22.5. The van der Waals surface area contributed by atoms with Crippen LogP contribution in [0.25, 0.3) is 0 Å². The van der Waals surface area contributed by atoms with E-state index in [9.17, 15) is 14.4 Å². The van der Waals surface area contributed by atoms with Gasteiger partial charge in [-0.05, 0) is 12.8 Å². The van der Waals surface area contributed by atoms with E-state index in [0.29, 0.717) is 6.42 Å². The maximum absolute atomic E-state index is 11.8. The van der Waals surface area contributed by atoms with Crippen LogP contribution < -0.4 is 10.6 Å². The fourth-order valence-corrected chi connectivity index (χ4v) is 2.41. The number of hydrogen-bond acceptors (Lipinski definition) is 4. The molecule has 1 aliphatic carbocycles. The zero-order valence-corrected chi connectivity index (χ0v) is 12.4. The van der Waals surface area contributed by atoms with Crippen molar-refractivity contribution in [1.29, 1.82) is 0 Å². The molecule has 0 aliphatic heterocycles. The molecule has 120 valence electrons. The molecule has 0 aromatic carbocycles. The lowest BCUT2D eigenvalue weighted by Gasteiger charge is -2.51. The van der Waals surface area contributed by atoms with E-state index in [1.807, 2.05) is 13.8 Å². The van der Waals surface area contributed by atoms with Crippen molar-refractivity contribution in [2.45, 2.75) is 51.3 Å². The Morgan fingerprint density at radius 3 is 2.38 bits per heavy atom. The lowest BCUT2D eigenvalue weighted by molar-refractivity contribution is -0.140. The third-order valence-electron chi connectivity index (χ3n) is 4.02. The molecule has 1 aliphatic rings. The third kappa shape index (κ3) is 4.32. The van der Waals surface area contributed by atoms with Gasteiger partial charge in [0.15, 0.2) is 0 Å². The summed E-state index contributed by atoms with van der Waals surface area (Å²) in [7, 11) is 1.61. The van der Waals surface area contributed by atoms with Crippen LogP contribution in [-0.2, 0) is 14.3 Å². The van der Waals surface area contributed by atoms with Gasteiger partial charge in [-0.3, -0.25) is 4.79 Å². The van der Waals surface area contributed by atoms with Gasteiger partial charge in [-0.1, -0.05) is 13.8 Å². The van der Waals surface area contributed by atoms with E-state index in [-0.39, 0.29) is 30.4 Å². The number of aliphatic carboxylic acids is 2. The number of urea groups is 1. The Bertz CT molecular complexity index is 423. The molecule has 21 heavy (non-hydrogen) atoms. The molecule has 0 spiro atoms. The Morgan fingerprint density at radius 2 is 1.95 bits per heavy atom. The summed E-state index contributed by atoms with van der Waals surface area (Å²) in [5.41, 5.74) is -0.230. The van der Waals surface area contributed by atoms with Crippen LogP contribution >= 0.6 is 0 Å². The first kappa shape index (κ1) is 17.2. The molecular weight excluding hydrogens is 280 g/mol. The predicted octanol–water partition coefficient (Wildman–Crippen LogP) is 0.417. The smallest absolute Gasteiger partial charge is 0.326 e. The van der Waals surface area contributed by atoms with Gasteiger partial charge in [-0.2, -0.15) is 0 Å². The van der Waals surface area contributed by atoms with Crippen LogP contribution in [0.5, 0.6) is 0 Å². The minimum absolute atomic E-state index is 0.0464. The summed E-state index contributed by atoms with van der Waals surface area (Å²) in [6.45, 7) is 3.91. The largest absolute Gasteiger partial charge is 0.481 e. The van der Waals surface area contributed by atoms with E-state index in [1.165, 1.54) is 0 Å². The van der Waals surface area contributed by atoms with Gasteiger partial charge in [0.25, 0.3) is 0 Å². The van der Waals surface area contributed by atoms with Crippen LogP contribution in [-0.4, -0.2) is 53.5 Å². The molecule has 1 rings (SSSR count). The number of ether oxygens (including phenoxy) is 1. The molecule has 0 saturated heterocycles. The molecule has 1 saturated carbocycles. The van der Waals surface area contributed by atoms with Crippen LogP contribution in [0.2, 0.25) is 0 Å². The highest BCUT2D eigenvalue weighted by Gasteiger charge is 2.49. The topological polar surface area (TPSA) is 125 Å². The maximum Gasteiger partial charge on any atom is 0.326 e. The van der Waals surface area contributed by atoms with Crippen LogP contribution in [0.4, 0.5) is 4.79 Å². The fraction of sp³-hybridized carbons (Fsp3) is 0.769. The lowest BCUT2D eigenvalue weighted by atomic mass is 9.64. The van der Waals surface area contributed by atoms with Gasteiger partial charge in [0.1, 0.15) is 6.04 Å². The molecule has 8 heteroatoms. The summed E-state index contributed by atoms with van der Waals surface area (Å²) in [6, 6.07) is -1.95. The van der Waals surface area contributed by atoms with Gasteiger partial charge < -0.3 is 25.6 Å². The molecular formula is C13H22N2O6. The number of carboxylic acids is 2. The van der Waals surface area contributed by atoms with E-state index >= 15 is 0 Å². The van der Waals surface area contributed by atoms with Crippen molar-refractivity contribution in [2.75, 3.05) is 7.11 Å². The summed E-state index contributed by atoms with van der Waals surface area (Å²) >= 11 is 0. The number of amides is 2. The monoisotopic (exact) mass is 302 g/mol. The zero-order valence-electron chi connectivity index (χ0n) is 12.4. The van der Waals surface area contributed by atoms with Crippen LogP contribution in [0, 0.1) is 5.41 Å². The first-order chi connectivity index (χ1) is 9.68. The second-order valence-electron chi connectivity index (χ2n) is 5.78. The molecule has 3 atom stereocenters. The van der Waals surface area contributed by atoms with Crippen molar-refractivity contribution in [2.24, 2.45) is 5.41 Å². The summed E-state index contributed by atoms with van der Waals surface area (Å²) in [5.74, 6) is -2.36. The van der Waals surface area contributed by atoms with Crippen LogP contribution in [0.3, 0.4) is 0 Å². The average molecular weight is 302 g/mol. The number of rotatable bonds is 7. The predicted molar refractivity (Wildman–Crippen MR) is 72.9 cm³/mol. The number of methoxy groups -OCH3 is 1. The minimum atomic E-state index is -1.26. The molecule has 8 nitrogen and oxygen atoms in total. The molecule has 1 fully saturated rings. The minimum Gasteiger partial charge on any atom is -0.481 e. The second kappa shape index (κ2) is 6.75. The van der Waals surface area contributed by atoms with Gasteiger partial charge >= 0.3 is 18.0 Å². The molecule has 0 radical (unpaired) electrons. The van der Waals surface area contributed by atoms with Gasteiger partial charge in [0.05, 0.1) is 6.10 Å². The fourth-order valence-electron chi connectivity index (χ4n) is 2.41.